The van der Waals surface area contributed by atoms with Crippen LogP contribution in [0.15, 0.2) is 18.2 Å². The Hall–Kier alpha value is -2.74. The van der Waals surface area contributed by atoms with E-state index in [4.69, 9.17) is 4.74 Å². The number of Topliss-reactive ketones (excluding diaryl/α,β-unsaturated/α-hetero) is 1. The summed E-state index contributed by atoms with van der Waals surface area (Å²) in [5.74, 6) is 0.797. The van der Waals surface area contributed by atoms with E-state index >= 15 is 0 Å². The Morgan fingerprint density at radius 2 is 1.71 bits per heavy atom. The van der Waals surface area contributed by atoms with Crippen LogP contribution < -0.4 is 5.32 Å². The summed E-state index contributed by atoms with van der Waals surface area (Å²) in [6.45, 7) is -0.277. The number of fused-ring (bicyclic) bond motifs is 1. The van der Waals surface area contributed by atoms with Gasteiger partial charge in [0.2, 0.25) is 11.8 Å². The van der Waals surface area contributed by atoms with Gasteiger partial charge in [0.1, 0.15) is 6.04 Å². The minimum Gasteiger partial charge on any atom is -0.456 e. The molecule has 2 aliphatic heterocycles. The molecule has 4 aliphatic carbocycles. The maximum atomic E-state index is 13.8. The predicted octanol–water partition coefficient (Wildman–Crippen LogP) is 2.48. The molecule has 2 N–H and O–H groups in total. The molecule has 0 spiro atoms. The lowest BCUT2D eigenvalue weighted by Gasteiger charge is -2.56. The summed E-state index contributed by atoms with van der Waals surface area (Å²) >= 11 is 0. The number of anilines is 1. The second-order valence-electron chi connectivity index (χ2n) is 11.5. The molecule has 1 saturated heterocycles. The van der Waals surface area contributed by atoms with Crippen LogP contribution in [0.25, 0.3) is 0 Å². The highest BCUT2D eigenvalue weighted by atomic mass is 16.5. The van der Waals surface area contributed by atoms with Crippen molar-refractivity contribution < 1.29 is 29.0 Å². The fourth-order valence-corrected chi connectivity index (χ4v) is 7.81. The highest BCUT2D eigenvalue weighted by Gasteiger charge is 2.57. The van der Waals surface area contributed by atoms with Gasteiger partial charge in [-0.1, -0.05) is 0 Å². The van der Waals surface area contributed by atoms with Crippen LogP contribution in [0.5, 0.6) is 0 Å². The van der Waals surface area contributed by atoms with E-state index in [1.165, 1.54) is 19.3 Å². The minimum absolute atomic E-state index is 0.00170. The number of β-amino-alcohol motifs (C(OH)–C–C–N with tert-alkyl or cyclic N) is 1. The van der Waals surface area contributed by atoms with E-state index in [2.05, 4.69) is 5.32 Å². The first-order chi connectivity index (χ1) is 16.8. The summed E-state index contributed by atoms with van der Waals surface area (Å²) in [5, 5.41) is 13.1. The van der Waals surface area contributed by atoms with E-state index in [1.54, 1.807) is 23.1 Å². The Labute approximate surface area is 204 Å². The molecule has 1 aromatic rings. The van der Waals surface area contributed by atoms with Gasteiger partial charge in [-0.2, -0.15) is 0 Å². The van der Waals surface area contributed by atoms with Gasteiger partial charge in [0.05, 0.1) is 11.5 Å². The number of esters is 1. The van der Waals surface area contributed by atoms with Gasteiger partial charge in [-0.3, -0.25) is 14.4 Å². The second kappa shape index (κ2) is 8.43. The number of aryl methyl sites for hydroxylation is 1. The third-order valence-electron chi connectivity index (χ3n) is 8.97. The predicted molar refractivity (Wildman–Crippen MR) is 125 cm³/mol. The minimum atomic E-state index is -0.850. The SMILES string of the molecule is O=C1CCc2cc(C(=O)COC(=O)C3CC(O)CN3C(=O)C34CC5CC(CC(C5)C3)C4)ccc2N1. The average Bonchev–Trinajstić information content (AvgIpc) is 3.22. The molecule has 4 saturated carbocycles. The Morgan fingerprint density at radius 1 is 1.03 bits per heavy atom. The lowest BCUT2D eigenvalue weighted by Crippen LogP contribution is -2.56. The van der Waals surface area contributed by atoms with Crippen molar-refractivity contribution in [3.63, 3.8) is 0 Å². The third kappa shape index (κ3) is 4.05. The lowest BCUT2D eigenvalue weighted by molar-refractivity contribution is -0.165. The Morgan fingerprint density at radius 3 is 2.40 bits per heavy atom. The van der Waals surface area contributed by atoms with E-state index < -0.39 is 30.1 Å². The zero-order valence-corrected chi connectivity index (χ0v) is 19.8. The highest BCUT2D eigenvalue weighted by molar-refractivity contribution is 6.00. The van der Waals surface area contributed by atoms with Gasteiger partial charge < -0.3 is 20.1 Å². The molecule has 2 atom stereocenters. The molecule has 2 unspecified atom stereocenters. The van der Waals surface area contributed by atoms with Crippen molar-refractivity contribution in [2.24, 2.45) is 23.2 Å². The van der Waals surface area contributed by atoms with Gasteiger partial charge in [0.15, 0.2) is 12.4 Å². The Balaban J connectivity index is 1.12. The molecule has 7 rings (SSSR count). The van der Waals surface area contributed by atoms with E-state index in [1.807, 2.05) is 0 Å². The highest BCUT2D eigenvalue weighted by Crippen LogP contribution is 2.60. The van der Waals surface area contributed by atoms with Crippen LogP contribution in [-0.2, 0) is 25.5 Å². The lowest BCUT2D eigenvalue weighted by atomic mass is 9.49. The van der Waals surface area contributed by atoms with E-state index in [-0.39, 0.29) is 30.6 Å². The quantitative estimate of drug-likeness (QED) is 0.495. The summed E-state index contributed by atoms with van der Waals surface area (Å²) in [5.41, 5.74) is 1.60. The summed E-state index contributed by atoms with van der Waals surface area (Å²) in [6, 6.07) is 4.19. The molecule has 6 aliphatic rings. The van der Waals surface area contributed by atoms with Crippen molar-refractivity contribution in [2.75, 3.05) is 18.5 Å². The van der Waals surface area contributed by atoms with Crippen molar-refractivity contribution in [1.29, 1.82) is 0 Å². The smallest absolute Gasteiger partial charge is 0.329 e. The number of nitrogens with one attached hydrogen (secondary N) is 1. The molecule has 8 nitrogen and oxygen atoms in total. The van der Waals surface area contributed by atoms with Crippen LogP contribution in [0.3, 0.4) is 0 Å². The first kappa shape index (κ1) is 22.7. The number of hydrogen-bond donors (Lipinski definition) is 2. The van der Waals surface area contributed by atoms with Crippen molar-refractivity contribution >= 4 is 29.3 Å². The number of carbonyl (C=O) groups is 4. The number of aliphatic hydroxyl groups excluding tert-OH is 1. The first-order valence-electron chi connectivity index (χ1n) is 12.9. The van der Waals surface area contributed by atoms with Crippen molar-refractivity contribution in [3.05, 3.63) is 29.3 Å². The summed E-state index contributed by atoms with van der Waals surface area (Å²) in [7, 11) is 0. The van der Waals surface area contributed by atoms with Gasteiger partial charge in [0.25, 0.3) is 0 Å². The van der Waals surface area contributed by atoms with Crippen molar-refractivity contribution in [2.45, 2.75) is 69.9 Å². The summed E-state index contributed by atoms with van der Waals surface area (Å²) in [6.07, 6.45) is 6.64. The fourth-order valence-electron chi connectivity index (χ4n) is 7.81. The van der Waals surface area contributed by atoms with Crippen LogP contribution in [-0.4, -0.2) is 58.9 Å². The van der Waals surface area contributed by atoms with Gasteiger partial charge in [-0.05, 0) is 86.5 Å². The molecule has 186 valence electrons. The number of nitrogens with zero attached hydrogens (tertiary/aromatic N) is 1. The summed E-state index contributed by atoms with van der Waals surface area (Å²) < 4.78 is 5.39. The Kier molecular flexibility index (Phi) is 5.47. The maximum Gasteiger partial charge on any atom is 0.329 e. The molecule has 5 fully saturated rings. The van der Waals surface area contributed by atoms with Crippen molar-refractivity contribution in [3.8, 4) is 0 Å². The zero-order valence-electron chi connectivity index (χ0n) is 19.8. The summed E-state index contributed by atoms with van der Waals surface area (Å²) in [4.78, 5) is 52.6. The fraction of sp³-hybridized carbons (Fsp3) is 0.630. The topological polar surface area (TPSA) is 113 Å². The number of ether oxygens (including phenoxy) is 1. The molecule has 0 radical (unpaired) electrons. The van der Waals surface area contributed by atoms with Gasteiger partial charge in [-0.25, -0.2) is 4.79 Å². The number of rotatable bonds is 5. The Bertz CT molecular complexity index is 1060. The van der Waals surface area contributed by atoms with E-state index in [0.717, 1.165) is 24.8 Å². The van der Waals surface area contributed by atoms with Gasteiger partial charge >= 0.3 is 5.97 Å². The average molecular weight is 481 g/mol. The number of likely N-dealkylation sites (tertiary alicyclic amines) is 1. The molecule has 8 heteroatoms. The number of carbonyl (C=O) groups excluding carboxylic acids is 4. The molecule has 4 bridgehead atoms. The standard InChI is InChI=1S/C27H32N2O6/c30-20-9-22(29(13-20)26(34)27-10-15-5-16(11-27)7-17(6-15)12-27)25(33)35-14-23(31)19-1-3-21-18(8-19)2-4-24(32)28-21/h1,3,8,15-17,20,22,30H,2,4-7,9-14H2,(H,28,32). The van der Waals surface area contributed by atoms with Gasteiger partial charge in [-0.15, -0.1) is 0 Å². The number of ketones is 1. The molecule has 2 heterocycles. The maximum absolute atomic E-state index is 13.8. The van der Waals surface area contributed by atoms with E-state index in [0.29, 0.717) is 41.8 Å². The number of amides is 2. The largest absolute Gasteiger partial charge is 0.456 e. The van der Waals surface area contributed by atoms with Crippen LogP contribution in [0.2, 0.25) is 0 Å². The number of aliphatic hydroxyl groups is 1. The molecular formula is C27H32N2O6. The number of hydrogen-bond acceptors (Lipinski definition) is 6. The van der Waals surface area contributed by atoms with Crippen LogP contribution in [0.4, 0.5) is 5.69 Å². The van der Waals surface area contributed by atoms with Gasteiger partial charge in [0, 0.05) is 30.6 Å². The molecule has 35 heavy (non-hydrogen) atoms. The van der Waals surface area contributed by atoms with Crippen LogP contribution in [0, 0.1) is 23.2 Å². The molecule has 1 aromatic carbocycles. The first-order valence-corrected chi connectivity index (χ1v) is 12.9. The third-order valence-corrected chi connectivity index (χ3v) is 8.97. The molecule has 0 aromatic heterocycles. The molecule has 2 amide bonds. The second-order valence-corrected chi connectivity index (χ2v) is 11.5. The van der Waals surface area contributed by atoms with E-state index in [9.17, 15) is 24.3 Å². The van der Waals surface area contributed by atoms with Crippen LogP contribution in [0.1, 0.15) is 67.3 Å². The monoisotopic (exact) mass is 480 g/mol. The molecular weight excluding hydrogens is 448 g/mol. The number of benzene rings is 1. The zero-order chi connectivity index (χ0) is 24.3. The van der Waals surface area contributed by atoms with Crippen LogP contribution >= 0.6 is 0 Å². The normalized spacial score (nSPS) is 34.9. The van der Waals surface area contributed by atoms with Crippen molar-refractivity contribution in [1.82, 2.24) is 4.90 Å².